The summed E-state index contributed by atoms with van der Waals surface area (Å²) in [7, 11) is 0. The van der Waals surface area contributed by atoms with Crippen molar-refractivity contribution in [3.05, 3.63) is 30.3 Å². The van der Waals surface area contributed by atoms with Crippen LogP contribution in [0.5, 0.6) is 5.75 Å². The van der Waals surface area contributed by atoms with Gasteiger partial charge in [-0.05, 0) is 12.1 Å². The molecule has 82 valence electrons. The molecule has 0 aliphatic carbocycles. The minimum atomic E-state index is -0.366. The minimum Gasteiger partial charge on any atom is -0.486 e. The van der Waals surface area contributed by atoms with Gasteiger partial charge in [0.1, 0.15) is 12.4 Å². The van der Waals surface area contributed by atoms with Gasteiger partial charge in [-0.25, -0.2) is 0 Å². The Bertz CT molecular complexity index is 320. The normalized spacial score (nSPS) is 11.1. The molecule has 0 atom stereocenters. The zero-order valence-electron chi connectivity index (χ0n) is 9.00. The van der Waals surface area contributed by atoms with Gasteiger partial charge in [0.2, 0.25) is 0 Å². The fraction of sp³-hybridized carbons (Fsp3) is 0.417. The lowest BCUT2D eigenvalue weighted by Gasteiger charge is -2.19. The van der Waals surface area contributed by atoms with Crippen LogP contribution in [0.25, 0.3) is 0 Å². The Morgan fingerprint density at radius 1 is 1.33 bits per heavy atom. The van der Waals surface area contributed by atoms with Crippen molar-refractivity contribution in [1.82, 2.24) is 0 Å². The molecule has 0 N–H and O–H groups in total. The van der Waals surface area contributed by atoms with E-state index in [4.69, 9.17) is 4.74 Å². The quantitative estimate of drug-likeness (QED) is 0.769. The molecule has 0 bridgehead atoms. The molecule has 0 aromatic heterocycles. The standard InChI is InChI=1S/C12H15BrO2/c1-12(2,9-13)11(14)8-15-10-6-4-3-5-7-10/h3-7H,8-9H2,1-2H3. The van der Waals surface area contributed by atoms with Crippen molar-refractivity contribution in [3.63, 3.8) is 0 Å². The number of hydrogen-bond donors (Lipinski definition) is 0. The van der Waals surface area contributed by atoms with Crippen molar-refractivity contribution in [2.75, 3.05) is 11.9 Å². The molecule has 2 nitrogen and oxygen atoms in total. The largest absolute Gasteiger partial charge is 0.486 e. The highest BCUT2D eigenvalue weighted by Crippen LogP contribution is 2.20. The van der Waals surface area contributed by atoms with Crippen LogP contribution in [-0.2, 0) is 4.79 Å². The number of benzene rings is 1. The van der Waals surface area contributed by atoms with Gasteiger partial charge in [0.15, 0.2) is 5.78 Å². The minimum absolute atomic E-state index is 0.100. The summed E-state index contributed by atoms with van der Waals surface area (Å²) in [5.74, 6) is 0.833. The van der Waals surface area contributed by atoms with Crippen LogP contribution < -0.4 is 4.74 Å². The molecule has 15 heavy (non-hydrogen) atoms. The molecule has 0 aliphatic heterocycles. The SMILES string of the molecule is CC(C)(CBr)C(=O)COc1ccccc1. The van der Waals surface area contributed by atoms with E-state index in [9.17, 15) is 4.79 Å². The second-order valence-electron chi connectivity index (χ2n) is 4.04. The van der Waals surface area contributed by atoms with Gasteiger partial charge in [0.25, 0.3) is 0 Å². The fourth-order valence-electron chi connectivity index (χ4n) is 0.935. The summed E-state index contributed by atoms with van der Waals surface area (Å²) in [6.07, 6.45) is 0. The maximum atomic E-state index is 11.7. The second kappa shape index (κ2) is 5.31. The van der Waals surface area contributed by atoms with E-state index in [1.807, 2.05) is 44.2 Å². The highest BCUT2D eigenvalue weighted by Gasteiger charge is 2.26. The molecule has 1 rings (SSSR count). The van der Waals surface area contributed by atoms with Crippen LogP contribution in [0.4, 0.5) is 0 Å². The van der Waals surface area contributed by atoms with Crippen LogP contribution in [0.15, 0.2) is 30.3 Å². The number of carbonyl (C=O) groups is 1. The molecule has 0 aliphatic rings. The molecular formula is C12H15BrO2. The fourth-order valence-corrected chi connectivity index (χ4v) is 1.25. The summed E-state index contributed by atoms with van der Waals surface area (Å²) < 4.78 is 5.39. The number of carbonyl (C=O) groups excluding carboxylic acids is 1. The molecule has 0 unspecified atom stereocenters. The summed E-state index contributed by atoms with van der Waals surface area (Å²) in [5, 5.41) is 0.650. The average molecular weight is 271 g/mol. The summed E-state index contributed by atoms with van der Waals surface area (Å²) in [6, 6.07) is 9.37. The van der Waals surface area contributed by atoms with Gasteiger partial charge in [-0.15, -0.1) is 0 Å². The Labute approximate surface area is 98.8 Å². The highest BCUT2D eigenvalue weighted by molar-refractivity contribution is 9.09. The van der Waals surface area contributed by atoms with E-state index < -0.39 is 0 Å². The third-order valence-corrected chi connectivity index (χ3v) is 3.60. The van der Waals surface area contributed by atoms with E-state index in [2.05, 4.69) is 15.9 Å². The lowest BCUT2D eigenvalue weighted by Crippen LogP contribution is -2.30. The van der Waals surface area contributed by atoms with Crippen LogP contribution in [0.2, 0.25) is 0 Å². The summed E-state index contributed by atoms with van der Waals surface area (Å²) in [6.45, 7) is 3.93. The zero-order valence-corrected chi connectivity index (χ0v) is 10.6. The monoisotopic (exact) mass is 270 g/mol. The van der Waals surface area contributed by atoms with Gasteiger partial charge in [-0.2, -0.15) is 0 Å². The van der Waals surface area contributed by atoms with Crippen LogP contribution in [0, 0.1) is 5.41 Å². The number of rotatable bonds is 5. The van der Waals surface area contributed by atoms with Gasteiger partial charge >= 0.3 is 0 Å². The van der Waals surface area contributed by atoms with E-state index in [-0.39, 0.29) is 17.8 Å². The zero-order chi connectivity index (χ0) is 11.3. The van der Waals surface area contributed by atoms with Gasteiger partial charge in [0.05, 0.1) is 0 Å². The van der Waals surface area contributed by atoms with Gasteiger partial charge < -0.3 is 4.74 Å². The summed E-state index contributed by atoms with van der Waals surface area (Å²) in [5.41, 5.74) is -0.366. The average Bonchev–Trinajstić information content (AvgIpc) is 2.27. The Hall–Kier alpha value is -0.830. The number of ether oxygens (including phenoxy) is 1. The van der Waals surface area contributed by atoms with Crippen molar-refractivity contribution < 1.29 is 9.53 Å². The molecule has 1 aromatic carbocycles. The molecule has 0 spiro atoms. The predicted octanol–water partition coefficient (Wildman–Crippen LogP) is 3.06. The number of para-hydroxylation sites is 1. The van der Waals surface area contributed by atoms with E-state index in [1.165, 1.54) is 0 Å². The lowest BCUT2D eigenvalue weighted by molar-refractivity contribution is -0.128. The van der Waals surface area contributed by atoms with Gasteiger partial charge in [0, 0.05) is 10.7 Å². The highest BCUT2D eigenvalue weighted by atomic mass is 79.9. The third-order valence-electron chi connectivity index (χ3n) is 2.20. The molecule has 0 saturated heterocycles. The third kappa shape index (κ3) is 3.67. The molecule has 0 radical (unpaired) electrons. The number of alkyl halides is 1. The summed E-state index contributed by atoms with van der Waals surface area (Å²) in [4.78, 5) is 11.7. The molecule has 3 heteroatoms. The Morgan fingerprint density at radius 3 is 2.47 bits per heavy atom. The van der Waals surface area contributed by atoms with E-state index >= 15 is 0 Å². The molecular weight excluding hydrogens is 256 g/mol. The Balaban J connectivity index is 2.48. The van der Waals surface area contributed by atoms with Crippen LogP contribution in [0.1, 0.15) is 13.8 Å². The van der Waals surface area contributed by atoms with Crippen molar-refractivity contribution in [2.45, 2.75) is 13.8 Å². The van der Waals surface area contributed by atoms with Gasteiger partial charge in [-0.3, -0.25) is 4.79 Å². The molecule has 1 aromatic rings. The van der Waals surface area contributed by atoms with E-state index in [1.54, 1.807) is 0 Å². The molecule has 0 saturated carbocycles. The predicted molar refractivity (Wildman–Crippen MR) is 64.5 cm³/mol. The Kier molecular flexibility index (Phi) is 4.33. The number of Topliss-reactive ketones (excluding diaryl/α,β-unsaturated/α-hetero) is 1. The second-order valence-corrected chi connectivity index (χ2v) is 4.60. The van der Waals surface area contributed by atoms with Crippen molar-refractivity contribution >= 4 is 21.7 Å². The first-order valence-corrected chi connectivity index (χ1v) is 5.95. The van der Waals surface area contributed by atoms with Crippen molar-refractivity contribution in [3.8, 4) is 5.75 Å². The van der Waals surface area contributed by atoms with E-state index in [0.717, 1.165) is 5.75 Å². The molecule has 0 heterocycles. The maximum Gasteiger partial charge on any atom is 0.176 e. The van der Waals surface area contributed by atoms with Crippen LogP contribution >= 0.6 is 15.9 Å². The van der Waals surface area contributed by atoms with Gasteiger partial charge in [-0.1, -0.05) is 48.0 Å². The smallest absolute Gasteiger partial charge is 0.176 e. The number of hydrogen-bond acceptors (Lipinski definition) is 2. The number of ketones is 1. The van der Waals surface area contributed by atoms with Crippen LogP contribution in [-0.4, -0.2) is 17.7 Å². The number of halogens is 1. The first-order valence-electron chi connectivity index (χ1n) is 4.83. The first-order chi connectivity index (χ1) is 7.06. The Morgan fingerprint density at radius 2 is 1.93 bits per heavy atom. The van der Waals surface area contributed by atoms with Crippen LogP contribution in [0.3, 0.4) is 0 Å². The van der Waals surface area contributed by atoms with Crippen molar-refractivity contribution in [2.24, 2.45) is 5.41 Å². The van der Waals surface area contributed by atoms with Crippen molar-refractivity contribution in [1.29, 1.82) is 0 Å². The molecule has 0 fully saturated rings. The summed E-state index contributed by atoms with van der Waals surface area (Å²) >= 11 is 3.32. The topological polar surface area (TPSA) is 26.3 Å². The van der Waals surface area contributed by atoms with E-state index in [0.29, 0.717) is 5.33 Å². The molecule has 0 amide bonds. The maximum absolute atomic E-state index is 11.7. The first kappa shape index (κ1) is 12.2. The lowest BCUT2D eigenvalue weighted by atomic mass is 9.91.